The Balaban J connectivity index is 2.00. The van der Waals surface area contributed by atoms with Gasteiger partial charge < -0.3 is 4.57 Å². The van der Waals surface area contributed by atoms with Gasteiger partial charge in [-0.2, -0.15) is 0 Å². The van der Waals surface area contributed by atoms with Gasteiger partial charge in [-0.05, 0) is 17.5 Å². The predicted octanol–water partition coefficient (Wildman–Crippen LogP) is 1.82. The van der Waals surface area contributed by atoms with E-state index >= 15 is 0 Å². The van der Waals surface area contributed by atoms with Crippen LogP contribution in [-0.4, -0.2) is 19.6 Å². The molecule has 4 nitrogen and oxygen atoms in total. The first-order valence-electron chi connectivity index (χ1n) is 5.22. The molecule has 80 valence electrons. The monoisotopic (exact) mass is 212 g/mol. The highest BCUT2D eigenvalue weighted by Crippen LogP contribution is 2.15. The quantitative estimate of drug-likeness (QED) is 0.649. The van der Waals surface area contributed by atoms with E-state index in [-0.39, 0.29) is 0 Å². The Bertz CT molecular complexity index is 621. The van der Waals surface area contributed by atoms with Crippen LogP contribution in [0, 0.1) is 0 Å². The number of aryl methyl sites for hydroxylation is 1. The van der Waals surface area contributed by atoms with Crippen molar-refractivity contribution in [3.8, 4) is 0 Å². The van der Waals surface area contributed by atoms with Crippen molar-refractivity contribution in [1.29, 1.82) is 0 Å². The first-order chi connectivity index (χ1) is 7.83. The summed E-state index contributed by atoms with van der Waals surface area (Å²) in [6, 6.07) is 10.4. The molecule has 0 aliphatic heterocycles. The maximum atomic E-state index is 4.09. The fraction of sp³-hybridized carbons (Fsp3) is 0.167. The van der Waals surface area contributed by atoms with Crippen molar-refractivity contribution in [2.75, 3.05) is 0 Å². The highest BCUT2D eigenvalue weighted by molar-refractivity contribution is 5.79. The van der Waals surface area contributed by atoms with Crippen LogP contribution in [-0.2, 0) is 13.6 Å². The van der Waals surface area contributed by atoms with Gasteiger partial charge in [0.25, 0.3) is 0 Å². The molecule has 0 atom stereocenters. The smallest absolute Gasteiger partial charge is 0.102 e. The summed E-state index contributed by atoms with van der Waals surface area (Å²) in [6.45, 7) is 0.765. The molecule has 0 saturated heterocycles. The number of nitrogens with zero attached hydrogens (tertiary/aromatic N) is 4. The predicted molar refractivity (Wildman–Crippen MR) is 62.0 cm³/mol. The van der Waals surface area contributed by atoms with Crippen LogP contribution < -0.4 is 0 Å². The number of benzene rings is 1. The minimum atomic E-state index is 0.765. The highest BCUT2D eigenvalue weighted by Gasteiger charge is 2.03. The van der Waals surface area contributed by atoms with E-state index in [2.05, 4.69) is 51.4 Å². The first kappa shape index (κ1) is 9.15. The van der Waals surface area contributed by atoms with Gasteiger partial charge in [0.1, 0.15) is 5.69 Å². The molecular weight excluding hydrogens is 200 g/mol. The van der Waals surface area contributed by atoms with E-state index in [9.17, 15) is 0 Å². The molecule has 0 spiro atoms. The minimum absolute atomic E-state index is 0.765. The molecule has 0 fully saturated rings. The van der Waals surface area contributed by atoms with E-state index in [4.69, 9.17) is 0 Å². The molecule has 0 unspecified atom stereocenters. The van der Waals surface area contributed by atoms with Crippen molar-refractivity contribution in [1.82, 2.24) is 19.6 Å². The maximum Gasteiger partial charge on any atom is 0.102 e. The molecule has 0 saturated carbocycles. The first-order valence-corrected chi connectivity index (χ1v) is 5.22. The molecule has 3 aromatic rings. The molecule has 2 heterocycles. The molecule has 1 aromatic carbocycles. The van der Waals surface area contributed by atoms with Gasteiger partial charge >= 0.3 is 0 Å². The van der Waals surface area contributed by atoms with Crippen LogP contribution in [0.3, 0.4) is 0 Å². The summed E-state index contributed by atoms with van der Waals surface area (Å²) in [5, 5.41) is 9.28. The van der Waals surface area contributed by atoms with Gasteiger partial charge in [-0.25, -0.2) is 0 Å². The summed E-state index contributed by atoms with van der Waals surface area (Å²) in [5.74, 6) is 0. The van der Waals surface area contributed by atoms with Crippen LogP contribution >= 0.6 is 0 Å². The van der Waals surface area contributed by atoms with Gasteiger partial charge in [-0.15, -0.1) is 5.10 Å². The zero-order chi connectivity index (χ0) is 11.0. The Morgan fingerprint density at radius 2 is 2.06 bits per heavy atom. The van der Waals surface area contributed by atoms with E-state index in [1.54, 1.807) is 4.68 Å². The van der Waals surface area contributed by atoms with Gasteiger partial charge in [0, 0.05) is 25.0 Å². The van der Waals surface area contributed by atoms with Crippen LogP contribution in [0.1, 0.15) is 5.69 Å². The second-order valence-corrected chi connectivity index (χ2v) is 3.89. The van der Waals surface area contributed by atoms with Crippen molar-refractivity contribution in [2.45, 2.75) is 6.54 Å². The van der Waals surface area contributed by atoms with Crippen molar-refractivity contribution in [3.05, 3.63) is 48.4 Å². The SMILES string of the molecule is Cn1cc(Cn2ccc3ccccc32)nn1. The topological polar surface area (TPSA) is 35.6 Å². The summed E-state index contributed by atoms with van der Waals surface area (Å²) in [6.07, 6.45) is 4.02. The normalized spacial score (nSPS) is 11.1. The summed E-state index contributed by atoms with van der Waals surface area (Å²) in [4.78, 5) is 0. The molecule has 2 aromatic heterocycles. The van der Waals surface area contributed by atoms with E-state index in [1.807, 2.05) is 13.2 Å². The fourth-order valence-corrected chi connectivity index (χ4v) is 1.92. The van der Waals surface area contributed by atoms with Gasteiger partial charge in [0.15, 0.2) is 0 Å². The molecule has 0 aliphatic carbocycles. The average molecular weight is 212 g/mol. The largest absolute Gasteiger partial charge is 0.341 e. The Labute approximate surface area is 93.1 Å². The fourth-order valence-electron chi connectivity index (χ4n) is 1.92. The molecule has 4 heteroatoms. The minimum Gasteiger partial charge on any atom is -0.341 e. The summed E-state index contributed by atoms with van der Waals surface area (Å²) in [5.41, 5.74) is 2.21. The third-order valence-corrected chi connectivity index (χ3v) is 2.66. The number of hydrogen-bond acceptors (Lipinski definition) is 2. The molecule has 0 N–H and O–H groups in total. The van der Waals surface area contributed by atoms with Gasteiger partial charge in [0.2, 0.25) is 0 Å². The van der Waals surface area contributed by atoms with Crippen molar-refractivity contribution in [2.24, 2.45) is 7.05 Å². The lowest BCUT2D eigenvalue weighted by Crippen LogP contribution is -1.97. The van der Waals surface area contributed by atoms with Crippen LogP contribution in [0.2, 0.25) is 0 Å². The molecule has 3 rings (SSSR count). The van der Waals surface area contributed by atoms with Gasteiger partial charge in [-0.3, -0.25) is 4.68 Å². The Morgan fingerprint density at radius 3 is 2.88 bits per heavy atom. The zero-order valence-corrected chi connectivity index (χ0v) is 9.04. The van der Waals surface area contributed by atoms with E-state index < -0.39 is 0 Å². The van der Waals surface area contributed by atoms with Crippen LogP contribution in [0.4, 0.5) is 0 Å². The third kappa shape index (κ3) is 1.48. The molecular formula is C12H12N4. The Morgan fingerprint density at radius 1 is 1.19 bits per heavy atom. The molecule has 0 aliphatic rings. The van der Waals surface area contributed by atoms with Crippen LogP contribution in [0.25, 0.3) is 10.9 Å². The zero-order valence-electron chi connectivity index (χ0n) is 9.04. The second-order valence-electron chi connectivity index (χ2n) is 3.89. The summed E-state index contributed by atoms with van der Waals surface area (Å²) < 4.78 is 3.90. The molecule has 16 heavy (non-hydrogen) atoms. The Hall–Kier alpha value is -2.10. The lowest BCUT2D eigenvalue weighted by Gasteiger charge is -2.01. The number of fused-ring (bicyclic) bond motifs is 1. The number of rotatable bonds is 2. The lowest BCUT2D eigenvalue weighted by molar-refractivity contribution is 0.711. The van der Waals surface area contributed by atoms with E-state index in [0.717, 1.165) is 12.2 Å². The van der Waals surface area contributed by atoms with Gasteiger partial charge in [0.05, 0.1) is 6.54 Å². The third-order valence-electron chi connectivity index (χ3n) is 2.66. The maximum absolute atomic E-state index is 4.09. The standard InChI is InChI=1S/C12H12N4/c1-15-8-11(13-14-15)9-16-7-6-10-4-2-3-5-12(10)16/h2-8H,9H2,1H3. The second kappa shape index (κ2) is 3.48. The van der Waals surface area contributed by atoms with Crippen molar-refractivity contribution < 1.29 is 0 Å². The average Bonchev–Trinajstić information content (AvgIpc) is 2.87. The van der Waals surface area contributed by atoms with Crippen molar-refractivity contribution >= 4 is 10.9 Å². The van der Waals surface area contributed by atoms with E-state index in [0.29, 0.717) is 0 Å². The number of hydrogen-bond donors (Lipinski definition) is 0. The van der Waals surface area contributed by atoms with Gasteiger partial charge in [-0.1, -0.05) is 23.4 Å². The van der Waals surface area contributed by atoms with Crippen LogP contribution in [0.15, 0.2) is 42.7 Å². The van der Waals surface area contributed by atoms with Crippen LogP contribution in [0.5, 0.6) is 0 Å². The van der Waals surface area contributed by atoms with Crippen molar-refractivity contribution in [3.63, 3.8) is 0 Å². The molecule has 0 amide bonds. The number of aromatic nitrogens is 4. The number of para-hydroxylation sites is 1. The molecule has 0 bridgehead atoms. The summed E-state index contributed by atoms with van der Waals surface area (Å²) in [7, 11) is 1.88. The lowest BCUT2D eigenvalue weighted by atomic mass is 10.2. The molecule has 0 radical (unpaired) electrons. The Kier molecular flexibility index (Phi) is 1.99. The van der Waals surface area contributed by atoms with E-state index in [1.165, 1.54) is 10.9 Å². The highest BCUT2D eigenvalue weighted by atomic mass is 15.4. The summed E-state index contributed by atoms with van der Waals surface area (Å²) >= 11 is 0.